The van der Waals surface area contributed by atoms with Gasteiger partial charge in [0, 0.05) is 58.4 Å². The van der Waals surface area contributed by atoms with Gasteiger partial charge in [-0.05, 0) is 42.0 Å². The lowest BCUT2D eigenvalue weighted by Crippen LogP contribution is -2.00. The van der Waals surface area contributed by atoms with Gasteiger partial charge < -0.3 is 8.98 Å². The Morgan fingerprint density at radius 2 is 0.930 bits per heavy atom. The number of aromatic nitrogens is 4. The zero-order valence-corrected chi connectivity index (χ0v) is 31.2. The van der Waals surface area contributed by atoms with E-state index in [0.717, 1.165) is 49.8 Å². The molecule has 0 unspecified atom stereocenters. The Balaban J connectivity index is 1.02. The fourth-order valence-electron chi connectivity index (χ4n) is 8.50. The van der Waals surface area contributed by atoms with E-state index in [9.17, 15) is 0 Å². The lowest BCUT2D eigenvalue weighted by Gasteiger charge is -2.10. The van der Waals surface area contributed by atoms with Gasteiger partial charge in [-0.3, -0.25) is 0 Å². The molecule has 0 atom stereocenters. The molecule has 0 aliphatic carbocycles. The highest BCUT2D eigenvalue weighted by molar-refractivity contribution is 7.26. The van der Waals surface area contributed by atoms with Crippen molar-refractivity contribution in [2.75, 3.05) is 0 Å². The molecule has 0 saturated heterocycles. The number of hydrogen-bond acceptors (Lipinski definition) is 5. The molecule has 0 saturated carbocycles. The Labute approximate surface area is 330 Å². The Kier molecular flexibility index (Phi) is 7.03. The van der Waals surface area contributed by atoms with Crippen LogP contribution in [0.3, 0.4) is 0 Å². The fourth-order valence-corrected chi connectivity index (χ4v) is 9.66. The van der Waals surface area contributed by atoms with Crippen LogP contribution in [-0.4, -0.2) is 19.5 Å². The number of furan rings is 1. The van der Waals surface area contributed by atoms with Crippen molar-refractivity contribution in [3.63, 3.8) is 0 Å². The second kappa shape index (κ2) is 12.6. The number of hydrogen-bond donors (Lipinski definition) is 0. The van der Waals surface area contributed by atoms with Gasteiger partial charge in [0.25, 0.3) is 0 Å². The van der Waals surface area contributed by atoms with Gasteiger partial charge in [-0.2, -0.15) is 0 Å². The summed E-state index contributed by atoms with van der Waals surface area (Å²) >= 11 is 1.84. The van der Waals surface area contributed by atoms with Crippen LogP contribution < -0.4 is 0 Å². The lowest BCUT2D eigenvalue weighted by molar-refractivity contribution is 0.670. The van der Waals surface area contributed by atoms with Crippen molar-refractivity contribution in [3.05, 3.63) is 182 Å². The van der Waals surface area contributed by atoms with E-state index in [-0.39, 0.29) is 0 Å². The van der Waals surface area contributed by atoms with E-state index in [4.69, 9.17) is 19.4 Å². The molecular formula is C51H30N4OS. The van der Waals surface area contributed by atoms with Crippen molar-refractivity contribution in [1.29, 1.82) is 0 Å². The summed E-state index contributed by atoms with van der Waals surface area (Å²) in [6.07, 6.45) is 0. The van der Waals surface area contributed by atoms with Crippen LogP contribution in [0.4, 0.5) is 0 Å². The first-order valence-electron chi connectivity index (χ1n) is 19.0. The molecule has 266 valence electrons. The highest BCUT2D eigenvalue weighted by Crippen LogP contribution is 2.44. The second-order valence-corrected chi connectivity index (χ2v) is 15.4. The molecule has 4 aromatic heterocycles. The van der Waals surface area contributed by atoms with Crippen molar-refractivity contribution in [1.82, 2.24) is 19.5 Å². The molecule has 6 heteroatoms. The van der Waals surface area contributed by atoms with E-state index >= 15 is 0 Å². The number of nitrogens with zero attached hydrogens (tertiary/aromatic N) is 4. The SMILES string of the molecule is c1ccc(-c2nc(-c3ccccc3)nc(-c3cccc4c3oc3c(-c5ccc6c(c5)sc5cccc(-n7c8ccccc8c8ccccc87)c56)cccc34)n2)cc1. The third kappa shape index (κ3) is 4.98. The molecule has 0 spiro atoms. The minimum atomic E-state index is 0.569. The highest BCUT2D eigenvalue weighted by atomic mass is 32.1. The summed E-state index contributed by atoms with van der Waals surface area (Å²) in [6.45, 7) is 0. The average Bonchev–Trinajstić information content (AvgIpc) is 3.96. The number of para-hydroxylation sites is 4. The summed E-state index contributed by atoms with van der Waals surface area (Å²) < 4.78 is 11.9. The van der Waals surface area contributed by atoms with E-state index < -0.39 is 0 Å². The van der Waals surface area contributed by atoms with E-state index in [0.29, 0.717) is 17.5 Å². The van der Waals surface area contributed by atoms with Crippen LogP contribution in [0.15, 0.2) is 186 Å². The molecule has 0 aliphatic rings. The molecule has 5 nitrogen and oxygen atoms in total. The molecule has 4 heterocycles. The van der Waals surface area contributed by atoms with E-state index in [1.165, 1.54) is 47.7 Å². The van der Waals surface area contributed by atoms with Gasteiger partial charge in [-0.25, -0.2) is 15.0 Å². The van der Waals surface area contributed by atoms with Crippen molar-refractivity contribution >= 4 is 75.3 Å². The van der Waals surface area contributed by atoms with Gasteiger partial charge in [0.15, 0.2) is 17.5 Å². The molecule has 0 amide bonds. The average molecular weight is 747 g/mol. The molecule has 12 rings (SSSR count). The Hall–Kier alpha value is -7.41. The van der Waals surface area contributed by atoms with E-state index in [1.807, 2.05) is 78.1 Å². The standard InChI is InChI=1S/C51H30N4OS/c1-3-14-31(15-4-1)49-52-50(32-16-5-2-6-17-32)54-51(53-49)40-23-12-22-38-37-21-11-20-34(47(37)56-48(38)40)33-28-29-39-45(30-33)57-44-27-13-26-43(46(39)44)55-41-24-9-7-18-35(41)36-19-8-10-25-42(36)55/h1-30H. The monoisotopic (exact) mass is 746 g/mol. The number of rotatable bonds is 5. The Morgan fingerprint density at radius 1 is 0.386 bits per heavy atom. The fraction of sp³-hybridized carbons (Fsp3) is 0. The van der Waals surface area contributed by atoms with Crippen molar-refractivity contribution in [3.8, 4) is 51.0 Å². The van der Waals surface area contributed by atoms with Crippen LogP contribution in [0.25, 0.3) is 115 Å². The predicted octanol–water partition coefficient (Wildman–Crippen LogP) is 13.9. The summed E-state index contributed by atoms with van der Waals surface area (Å²) in [4.78, 5) is 15.0. The Morgan fingerprint density at radius 3 is 1.60 bits per heavy atom. The first kappa shape index (κ1) is 31.9. The Bertz CT molecular complexity index is 3420. The predicted molar refractivity (Wildman–Crippen MR) is 236 cm³/mol. The summed E-state index contributed by atoms with van der Waals surface area (Å²) in [5.41, 5.74) is 10.0. The minimum absolute atomic E-state index is 0.569. The van der Waals surface area contributed by atoms with Crippen LogP contribution in [0, 0.1) is 0 Å². The molecule has 8 aromatic carbocycles. The quantitative estimate of drug-likeness (QED) is 0.176. The molecule has 0 radical (unpaired) electrons. The number of benzene rings is 8. The smallest absolute Gasteiger partial charge is 0.167 e. The van der Waals surface area contributed by atoms with Gasteiger partial charge in [-0.1, -0.05) is 146 Å². The molecule has 0 bridgehead atoms. The molecule has 12 aromatic rings. The largest absolute Gasteiger partial charge is 0.455 e. The summed E-state index contributed by atoms with van der Waals surface area (Å²) in [5.74, 6) is 1.80. The van der Waals surface area contributed by atoms with Crippen LogP contribution in [0.2, 0.25) is 0 Å². The van der Waals surface area contributed by atoms with Crippen molar-refractivity contribution in [2.45, 2.75) is 0 Å². The van der Waals surface area contributed by atoms with Crippen LogP contribution in [-0.2, 0) is 0 Å². The van der Waals surface area contributed by atoms with Gasteiger partial charge >= 0.3 is 0 Å². The van der Waals surface area contributed by atoms with Gasteiger partial charge in [0.2, 0.25) is 0 Å². The van der Waals surface area contributed by atoms with E-state index in [2.05, 4.69) is 120 Å². The zero-order valence-electron chi connectivity index (χ0n) is 30.4. The normalized spacial score (nSPS) is 11.9. The summed E-state index contributed by atoms with van der Waals surface area (Å²) in [5, 5.41) is 7.11. The van der Waals surface area contributed by atoms with Crippen molar-refractivity contribution in [2.24, 2.45) is 0 Å². The van der Waals surface area contributed by atoms with Gasteiger partial charge in [-0.15, -0.1) is 11.3 Å². The van der Waals surface area contributed by atoms with Crippen LogP contribution in [0.5, 0.6) is 0 Å². The maximum absolute atomic E-state index is 6.94. The van der Waals surface area contributed by atoms with E-state index in [1.54, 1.807) is 0 Å². The van der Waals surface area contributed by atoms with Gasteiger partial charge in [0.1, 0.15) is 11.2 Å². The summed E-state index contributed by atoms with van der Waals surface area (Å²) in [7, 11) is 0. The molecule has 0 aliphatic heterocycles. The second-order valence-electron chi connectivity index (χ2n) is 14.3. The molecule has 57 heavy (non-hydrogen) atoms. The first-order chi connectivity index (χ1) is 28.3. The molecule has 0 fully saturated rings. The summed E-state index contributed by atoms with van der Waals surface area (Å²) in [6, 6.07) is 63.7. The first-order valence-corrected chi connectivity index (χ1v) is 19.8. The maximum Gasteiger partial charge on any atom is 0.167 e. The number of fused-ring (bicyclic) bond motifs is 9. The molecule has 0 N–H and O–H groups in total. The van der Waals surface area contributed by atoms with Crippen LogP contribution in [0.1, 0.15) is 0 Å². The molecular weight excluding hydrogens is 717 g/mol. The maximum atomic E-state index is 6.94. The van der Waals surface area contributed by atoms with Crippen molar-refractivity contribution < 1.29 is 4.42 Å². The third-order valence-electron chi connectivity index (χ3n) is 11.1. The third-order valence-corrected chi connectivity index (χ3v) is 12.2. The van der Waals surface area contributed by atoms with Gasteiger partial charge in [0.05, 0.1) is 22.3 Å². The zero-order chi connectivity index (χ0) is 37.5. The number of thiophene rings is 1. The lowest BCUT2D eigenvalue weighted by atomic mass is 10.0. The van der Waals surface area contributed by atoms with Crippen LogP contribution >= 0.6 is 11.3 Å². The highest BCUT2D eigenvalue weighted by Gasteiger charge is 2.21. The topological polar surface area (TPSA) is 56.7 Å². The minimum Gasteiger partial charge on any atom is -0.455 e.